The zero-order valence-corrected chi connectivity index (χ0v) is 13.1. The molecular formula is C16H14F3N3O3. The van der Waals surface area contributed by atoms with E-state index in [4.69, 9.17) is 0 Å². The summed E-state index contributed by atoms with van der Waals surface area (Å²) in [6.45, 7) is 1.54. The van der Waals surface area contributed by atoms with Gasteiger partial charge in [0.25, 0.3) is 0 Å². The molecule has 9 heteroatoms. The van der Waals surface area contributed by atoms with Gasteiger partial charge in [-0.3, -0.25) is 9.69 Å². The Morgan fingerprint density at radius 2 is 1.96 bits per heavy atom. The molecule has 2 aromatic rings. The van der Waals surface area contributed by atoms with Crippen LogP contribution in [0.2, 0.25) is 0 Å². The van der Waals surface area contributed by atoms with Crippen molar-refractivity contribution < 1.29 is 28.2 Å². The minimum absolute atomic E-state index is 0.00221. The summed E-state index contributed by atoms with van der Waals surface area (Å²) in [5, 5.41) is 27.3. The number of rotatable bonds is 2. The summed E-state index contributed by atoms with van der Waals surface area (Å²) >= 11 is 0. The van der Waals surface area contributed by atoms with Gasteiger partial charge in [0, 0.05) is 5.56 Å². The van der Waals surface area contributed by atoms with Crippen molar-refractivity contribution in [2.75, 3.05) is 11.4 Å². The third-order valence-corrected chi connectivity index (χ3v) is 3.93. The predicted octanol–water partition coefficient (Wildman–Crippen LogP) is 2.27. The summed E-state index contributed by atoms with van der Waals surface area (Å²) < 4.78 is 38.3. The molecule has 0 saturated carbocycles. The zero-order chi connectivity index (χ0) is 18.4. The van der Waals surface area contributed by atoms with Crippen LogP contribution in [0, 0.1) is 6.92 Å². The fourth-order valence-corrected chi connectivity index (χ4v) is 2.78. The van der Waals surface area contributed by atoms with Gasteiger partial charge < -0.3 is 10.2 Å². The number of aromatic hydroxyl groups is 1. The van der Waals surface area contributed by atoms with Crippen molar-refractivity contribution >= 4 is 11.7 Å². The summed E-state index contributed by atoms with van der Waals surface area (Å²) in [5.41, 5.74) is -0.436. The van der Waals surface area contributed by atoms with Crippen molar-refractivity contribution in [3.63, 3.8) is 0 Å². The molecular weight excluding hydrogens is 339 g/mol. The van der Waals surface area contributed by atoms with Crippen LogP contribution >= 0.6 is 0 Å². The number of aliphatic hydroxyl groups is 1. The Morgan fingerprint density at radius 1 is 1.24 bits per heavy atom. The summed E-state index contributed by atoms with van der Waals surface area (Å²) in [6, 6.07) is 4.48. The van der Waals surface area contributed by atoms with Crippen molar-refractivity contribution in [3.05, 3.63) is 35.4 Å². The van der Waals surface area contributed by atoms with Gasteiger partial charge in [-0.25, -0.2) is 0 Å². The van der Waals surface area contributed by atoms with Gasteiger partial charge in [0.2, 0.25) is 5.91 Å². The first kappa shape index (κ1) is 17.2. The monoisotopic (exact) mass is 353 g/mol. The number of hydrogen-bond acceptors (Lipinski definition) is 5. The Kier molecular flexibility index (Phi) is 4.11. The van der Waals surface area contributed by atoms with E-state index in [0.29, 0.717) is 6.07 Å². The van der Waals surface area contributed by atoms with E-state index in [2.05, 4.69) is 10.2 Å². The number of aromatic nitrogens is 2. The highest BCUT2D eigenvalue weighted by atomic mass is 19.4. The lowest BCUT2D eigenvalue weighted by Crippen LogP contribution is -2.26. The van der Waals surface area contributed by atoms with Crippen molar-refractivity contribution in [2.24, 2.45) is 0 Å². The van der Waals surface area contributed by atoms with Crippen LogP contribution < -0.4 is 4.90 Å². The Bertz CT molecular complexity index is 799. The molecule has 2 N–H and O–H groups in total. The number of phenols is 1. The third-order valence-electron chi connectivity index (χ3n) is 3.93. The SMILES string of the molecule is Cc1cc(C(F)(F)F)cc(O)c1-c1ccc(N2C[C@H](O)CC2=O)nn1. The Balaban J connectivity index is 1.94. The molecule has 1 aliphatic heterocycles. The van der Waals surface area contributed by atoms with Gasteiger partial charge in [0.1, 0.15) is 5.75 Å². The minimum Gasteiger partial charge on any atom is -0.507 e. The maximum absolute atomic E-state index is 12.8. The maximum Gasteiger partial charge on any atom is 0.416 e. The van der Waals surface area contributed by atoms with Gasteiger partial charge in [0.15, 0.2) is 5.82 Å². The first-order valence-electron chi connectivity index (χ1n) is 7.40. The topological polar surface area (TPSA) is 86.5 Å². The summed E-state index contributed by atoms with van der Waals surface area (Å²) in [5.74, 6) is -0.612. The molecule has 0 unspecified atom stereocenters. The van der Waals surface area contributed by atoms with Crippen LogP contribution in [0.15, 0.2) is 24.3 Å². The largest absolute Gasteiger partial charge is 0.507 e. The number of aliphatic hydroxyl groups excluding tert-OH is 1. The second-order valence-corrected chi connectivity index (χ2v) is 5.82. The van der Waals surface area contributed by atoms with E-state index >= 15 is 0 Å². The molecule has 1 atom stereocenters. The smallest absolute Gasteiger partial charge is 0.416 e. The quantitative estimate of drug-likeness (QED) is 0.865. The fourth-order valence-electron chi connectivity index (χ4n) is 2.78. The first-order chi connectivity index (χ1) is 11.7. The van der Waals surface area contributed by atoms with E-state index in [-0.39, 0.29) is 41.5 Å². The highest BCUT2D eigenvalue weighted by Gasteiger charge is 2.33. The highest BCUT2D eigenvalue weighted by Crippen LogP contribution is 2.38. The molecule has 0 aliphatic carbocycles. The van der Waals surface area contributed by atoms with E-state index in [1.165, 1.54) is 24.0 Å². The van der Waals surface area contributed by atoms with Crippen molar-refractivity contribution in [3.8, 4) is 17.0 Å². The van der Waals surface area contributed by atoms with Crippen LogP contribution in [0.1, 0.15) is 17.5 Å². The van der Waals surface area contributed by atoms with E-state index in [0.717, 1.165) is 6.07 Å². The minimum atomic E-state index is -4.56. The van der Waals surface area contributed by atoms with Gasteiger partial charge in [-0.2, -0.15) is 13.2 Å². The van der Waals surface area contributed by atoms with Crippen molar-refractivity contribution in [1.29, 1.82) is 0 Å². The van der Waals surface area contributed by atoms with Crippen molar-refractivity contribution in [2.45, 2.75) is 25.6 Å². The van der Waals surface area contributed by atoms with E-state index in [9.17, 15) is 28.2 Å². The number of halogens is 3. The molecule has 1 aliphatic rings. The number of aryl methyl sites for hydroxylation is 1. The van der Waals surface area contributed by atoms with Crippen molar-refractivity contribution in [1.82, 2.24) is 10.2 Å². The summed E-state index contributed by atoms with van der Waals surface area (Å²) in [6.07, 6.45) is -5.33. The Labute approximate surface area is 140 Å². The number of phenolic OH excluding ortho intramolecular Hbond substituents is 1. The number of β-amino-alcohol motifs (C(OH)–C–C–N with tert-alkyl or cyclic N) is 1. The van der Waals surface area contributed by atoms with Gasteiger partial charge >= 0.3 is 6.18 Å². The van der Waals surface area contributed by atoms with E-state index < -0.39 is 23.6 Å². The first-order valence-corrected chi connectivity index (χ1v) is 7.40. The molecule has 1 saturated heterocycles. The van der Waals surface area contributed by atoms with Crippen LogP contribution in [-0.2, 0) is 11.0 Å². The molecule has 6 nitrogen and oxygen atoms in total. The molecule has 0 bridgehead atoms. The third kappa shape index (κ3) is 3.27. The van der Waals surface area contributed by atoms with Crippen LogP contribution in [0.3, 0.4) is 0 Å². The normalized spacial score (nSPS) is 18.0. The lowest BCUT2D eigenvalue weighted by atomic mass is 10.0. The lowest BCUT2D eigenvalue weighted by Gasteiger charge is -2.15. The number of carbonyl (C=O) groups excluding carboxylic acids is 1. The Hall–Kier alpha value is -2.68. The number of hydrogen-bond donors (Lipinski definition) is 2. The van der Waals surface area contributed by atoms with Crippen LogP contribution in [0.4, 0.5) is 19.0 Å². The number of nitrogens with zero attached hydrogens (tertiary/aromatic N) is 3. The average molecular weight is 353 g/mol. The van der Waals surface area contributed by atoms with Crippen LogP contribution in [0.5, 0.6) is 5.75 Å². The number of alkyl halides is 3. The summed E-state index contributed by atoms with van der Waals surface area (Å²) in [4.78, 5) is 13.0. The zero-order valence-electron chi connectivity index (χ0n) is 13.1. The van der Waals surface area contributed by atoms with Gasteiger partial charge in [-0.15, -0.1) is 10.2 Å². The standard InChI is InChI=1S/C16H14F3N3O3/c1-8-4-9(16(17,18)19)5-12(24)15(8)11-2-3-13(21-20-11)22-7-10(23)6-14(22)25/h2-5,10,23-24H,6-7H2,1H3/t10-/m1/s1. The van der Waals surface area contributed by atoms with Crippen LogP contribution in [-0.4, -0.2) is 39.0 Å². The fraction of sp³-hybridized carbons (Fsp3) is 0.312. The molecule has 25 heavy (non-hydrogen) atoms. The van der Waals surface area contributed by atoms with Gasteiger partial charge in [-0.05, 0) is 36.8 Å². The molecule has 0 spiro atoms. The molecule has 132 valence electrons. The maximum atomic E-state index is 12.8. The second-order valence-electron chi connectivity index (χ2n) is 5.82. The molecule has 1 aromatic heterocycles. The van der Waals surface area contributed by atoms with Crippen LogP contribution in [0.25, 0.3) is 11.3 Å². The number of benzene rings is 1. The molecule has 0 radical (unpaired) electrons. The lowest BCUT2D eigenvalue weighted by molar-refractivity contribution is -0.137. The molecule has 1 amide bonds. The van der Waals surface area contributed by atoms with E-state index in [1.807, 2.05) is 0 Å². The Morgan fingerprint density at radius 3 is 2.44 bits per heavy atom. The molecule has 2 heterocycles. The predicted molar refractivity (Wildman–Crippen MR) is 81.8 cm³/mol. The number of amides is 1. The molecule has 3 rings (SSSR count). The second kappa shape index (κ2) is 5.99. The van der Waals surface area contributed by atoms with E-state index in [1.54, 1.807) is 0 Å². The summed E-state index contributed by atoms with van der Waals surface area (Å²) in [7, 11) is 0. The average Bonchev–Trinajstić information content (AvgIpc) is 2.85. The van der Waals surface area contributed by atoms with Gasteiger partial charge in [0.05, 0.1) is 30.3 Å². The number of carbonyl (C=O) groups is 1. The highest BCUT2D eigenvalue weighted by molar-refractivity contribution is 5.95. The molecule has 1 aromatic carbocycles. The number of anilines is 1. The van der Waals surface area contributed by atoms with Gasteiger partial charge in [-0.1, -0.05) is 0 Å². The molecule has 1 fully saturated rings.